The van der Waals surface area contributed by atoms with E-state index in [1.807, 2.05) is 39.0 Å². The zero-order chi connectivity index (χ0) is 12.8. The standard InChI is InChI=1S/C14H21NO2/c1-10(2)9-17-15-14(16)8-13-6-5-11(3)12(4)7-13/h5-7,10H,8-9H2,1-4H3,(H,15,16). The second-order valence-electron chi connectivity index (χ2n) is 4.83. The molecule has 0 aromatic heterocycles. The molecule has 0 saturated heterocycles. The lowest BCUT2D eigenvalue weighted by molar-refractivity contribution is -0.133. The van der Waals surface area contributed by atoms with Crippen molar-refractivity contribution < 1.29 is 9.63 Å². The lowest BCUT2D eigenvalue weighted by Crippen LogP contribution is -2.27. The summed E-state index contributed by atoms with van der Waals surface area (Å²) in [5.74, 6) is 0.311. The van der Waals surface area contributed by atoms with Crippen LogP contribution in [-0.4, -0.2) is 12.5 Å². The topological polar surface area (TPSA) is 38.3 Å². The van der Waals surface area contributed by atoms with Crippen molar-refractivity contribution in [2.75, 3.05) is 6.61 Å². The second kappa shape index (κ2) is 6.40. The average molecular weight is 235 g/mol. The Bertz CT molecular complexity index is 386. The van der Waals surface area contributed by atoms with Gasteiger partial charge in [0, 0.05) is 0 Å². The maximum atomic E-state index is 11.6. The summed E-state index contributed by atoms with van der Waals surface area (Å²) in [4.78, 5) is 16.6. The van der Waals surface area contributed by atoms with E-state index in [0.717, 1.165) is 5.56 Å². The third-order valence-corrected chi connectivity index (χ3v) is 2.54. The summed E-state index contributed by atoms with van der Waals surface area (Å²) in [6.45, 7) is 8.72. The Morgan fingerprint density at radius 2 is 2.00 bits per heavy atom. The number of nitrogens with one attached hydrogen (secondary N) is 1. The molecule has 1 aromatic carbocycles. The van der Waals surface area contributed by atoms with Crippen molar-refractivity contribution in [3.05, 3.63) is 34.9 Å². The van der Waals surface area contributed by atoms with Crippen LogP contribution in [0.2, 0.25) is 0 Å². The van der Waals surface area contributed by atoms with E-state index in [1.165, 1.54) is 11.1 Å². The van der Waals surface area contributed by atoms with Crippen molar-refractivity contribution in [3.8, 4) is 0 Å². The lowest BCUT2D eigenvalue weighted by Gasteiger charge is -2.08. The Hall–Kier alpha value is -1.35. The number of hydrogen-bond acceptors (Lipinski definition) is 2. The van der Waals surface area contributed by atoms with Crippen LogP contribution < -0.4 is 5.48 Å². The molecule has 1 aromatic rings. The van der Waals surface area contributed by atoms with Crippen molar-refractivity contribution in [2.24, 2.45) is 5.92 Å². The molecule has 0 aliphatic rings. The van der Waals surface area contributed by atoms with Gasteiger partial charge in [0.05, 0.1) is 13.0 Å². The zero-order valence-corrected chi connectivity index (χ0v) is 11.0. The van der Waals surface area contributed by atoms with Crippen LogP contribution in [0.3, 0.4) is 0 Å². The third-order valence-electron chi connectivity index (χ3n) is 2.54. The van der Waals surface area contributed by atoms with Gasteiger partial charge in [0.1, 0.15) is 0 Å². The van der Waals surface area contributed by atoms with E-state index in [4.69, 9.17) is 4.84 Å². The molecule has 94 valence electrons. The normalized spacial score (nSPS) is 10.6. The number of rotatable bonds is 5. The number of carbonyl (C=O) groups is 1. The Morgan fingerprint density at radius 3 is 2.59 bits per heavy atom. The van der Waals surface area contributed by atoms with Crippen LogP contribution in [0.5, 0.6) is 0 Å². The summed E-state index contributed by atoms with van der Waals surface area (Å²) in [5, 5.41) is 0. The van der Waals surface area contributed by atoms with Gasteiger partial charge in [-0.2, -0.15) is 0 Å². The quantitative estimate of drug-likeness (QED) is 0.796. The lowest BCUT2D eigenvalue weighted by atomic mass is 10.0. The summed E-state index contributed by atoms with van der Waals surface area (Å²) >= 11 is 0. The zero-order valence-electron chi connectivity index (χ0n) is 11.0. The Morgan fingerprint density at radius 1 is 1.29 bits per heavy atom. The highest BCUT2D eigenvalue weighted by atomic mass is 16.6. The molecule has 3 nitrogen and oxygen atoms in total. The van der Waals surface area contributed by atoms with Gasteiger partial charge in [-0.3, -0.25) is 9.63 Å². The highest BCUT2D eigenvalue weighted by Gasteiger charge is 2.04. The van der Waals surface area contributed by atoms with Gasteiger partial charge in [0.15, 0.2) is 0 Å². The molecule has 0 unspecified atom stereocenters. The van der Waals surface area contributed by atoms with Crippen molar-refractivity contribution in [1.82, 2.24) is 5.48 Å². The summed E-state index contributed by atoms with van der Waals surface area (Å²) in [7, 11) is 0. The number of benzene rings is 1. The maximum Gasteiger partial charge on any atom is 0.247 e. The molecule has 0 bridgehead atoms. The van der Waals surface area contributed by atoms with Gasteiger partial charge in [-0.15, -0.1) is 0 Å². The van der Waals surface area contributed by atoms with Crippen molar-refractivity contribution >= 4 is 5.91 Å². The van der Waals surface area contributed by atoms with Gasteiger partial charge in [-0.05, 0) is 36.5 Å². The second-order valence-corrected chi connectivity index (χ2v) is 4.83. The molecule has 0 radical (unpaired) electrons. The van der Waals surface area contributed by atoms with Crippen LogP contribution in [0.4, 0.5) is 0 Å². The van der Waals surface area contributed by atoms with Crippen molar-refractivity contribution in [2.45, 2.75) is 34.1 Å². The molecule has 0 heterocycles. The fourth-order valence-corrected chi connectivity index (χ4v) is 1.42. The summed E-state index contributed by atoms with van der Waals surface area (Å²) in [5.41, 5.74) is 5.92. The van der Waals surface area contributed by atoms with Crippen LogP contribution in [0.25, 0.3) is 0 Å². The first-order valence-electron chi connectivity index (χ1n) is 5.96. The van der Waals surface area contributed by atoms with E-state index >= 15 is 0 Å². The van der Waals surface area contributed by atoms with Crippen LogP contribution in [0, 0.1) is 19.8 Å². The summed E-state index contributed by atoms with van der Waals surface area (Å²) in [6, 6.07) is 6.05. The molecule has 3 heteroatoms. The SMILES string of the molecule is Cc1ccc(CC(=O)NOCC(C)C)cc1C. The predicted molar refractivity (Wildman–Crippen MR) is 68.6 cm³/mol. The van der Waals surface area contributed by atoms with Crippen molar-refractivity contribution in [3.63, 3.8) is 0 Å². The Labute approximate surface area is 103 Å². The molecule has 1 rings (SSSR count). The first-order valence-corrected chi connectivity index (χ1v) is 5.96. The minimum Gasteiger partial charge on any atom is -0.273 e. The van der Waals surface area contributed by atoms with E-state index < -0.39 is 0 Å². The number of carbonyl (C=O) groups excluding carboxylic acids is 1. The van der Waals surface area contributed by atoms with Crippen molar-refractivity contribution in [1.29, 1.82) is 0 Å². The summed E-state index contributed by atoms with van der Waals surface area (Å²) in [6.07, 6.45) is 0.360. The average Bonchev–Trinajstić information content (AvgIpc) is 2.23. The molecule has 0 saturated carbocycles. The molecule has 0 fully saturated rings. The first-order chi connectivity index (χ1) is 7.99. The fourth-order valence-electron chi connectivity index (χ4n) is 1.42. The monoisotopic (exact) mass is 235 g/mol. The molecule has 1 amide bonds. The molecule has 0 atom stereocenters. The fraction of sp³-hybridized carbons (Fsp3) is 0.500. The number of amides is 1. The van der Waals surface area contributed by atoms with Gasteiger partial charge >= 0.3 is 0 Å². The van der Waals surface area contributed by atoms with Crippen LogP contribution in [-0.2, 0) is 16.1 Å². The highest BCUT2D eigenvalue weighted by molar-refractivity contribution is 5.77. The summed E-state index contributed by atoms with van der Waals surface area (Å²) < 4.78 is 0. The molecule has 0 spiro atoms. The third kappa shape index (κ3) is 5.00. The minimum atomic E-state index is -0.103. The molecule has 1 N–H and O–H groups in total. The first kappa shape index (κ1) is 13.7. The van der Waals surface area contributed by atoms with Crippen LogP contribution in [0.15, 0.2) is 18.2 Å². The molecule has 0 aliphatic heterocycles. The van der Waals surface area contributed by atoms with E-state index in [9.17, 15) is 4.79 Å². The van der Waals surface area contributed by atoms with Gasteiger partial charge in [-0.1, -0.05) is 32.0 Å². The Kier molecular flexibility index (Phi) is 5.16. The molecular formula is C14H21NO2. The van der Waals surface area contributed by atoms with E-state index in [2.05, 4.69) is 12.4 Å². The van der Waals surface area contributed by atoms with Gasteiger partial charge in [0.25, 0.3) is 0 Å². The van der Waals surface area contributed by atoms with E-state index in [-0.39, 0.29) is 5.91 Å². The van der Waals surface area contributed by atoms with Gasteiger partial charge in [-0.25, -0.2) is 5.48 Å². The smallest absolute Gasteiger partial charge is 0.247 e. The van der Waals surface area contributed by atoms with Gasteiger partial charge < -0.3 is 0 Å². The molecule has 17 heavy (non-hydrogen) atoms. The van der Waals surface area contributed by atoms with Crippen LogP contribution in [0.1, 0.15) is 30.5 Å². The predicted octanol–water partition coefficient (Wildman–Crippen LogP) is 2.55. The van der Waals surface area contributed by atoms with E-state index in [0.29, 0.717) is 18.9 Å². The van der Waals surface area contributed by atoms with Gasteiger partial charge in [0.2, 0.25) is 5.91 Å². The number of aryl methyl sites for hydroxylation is 2. The van der Waals surface area contributed by atoms with E-state index in [1.54, 1.807) is 0 Å². The maximum absolute atomic E-state index is 11.6. The van der Waals surface area contributed by atoms with Crippen LogP contribution >= 0.6 is 0 Å². The molecular weight excluding hydrogens is 214 g/mol. The molecule has 0 aliphatic carbocycles. The number of hydrogen-bond donors (Lipinski definition) is 1. The largest absolute Gasteiger partial charge is 0.273 e. The Balaban J connectivity index is 2.42. The highest BCUT2D eigenvalue weighted by Crippen LogP contribution is 2.10. The minimum absolute atomic E-state index is 0.103. The number of hydroxylamine groups is 1.